The smallest absolute Gasteiger partial charge is 0.0438 e. The molecule has 0 aliphatic heterocycles. The first-order valence-electron chi connectivity index (χ1n) is 6.77. The van der Waals surface area contributed by atoms with Crippen molar-refractivity contribution in [3.05, 3.63) is 34.3 Å². The summed E-state index contributed by atoms with van der Waals surface area (Å²) in [5, 5.41) is 4.40. The highest BCUT2D eigenvalue weighted by molar-refractivity contribution is 6.31. The summed E-state index contributed by atoms with van der Waals surface area (Å²) in [6, 6.07) is 6.76. The van der Waals surface area contributed by atoms with Crippen LogP contribution in [0.15, 0.2) is 18.2 Å². The van der Waals surface area contributed by atoms with Crippen molar-refractivity contribution in [1.82, 2.24) is 10.2 Å². The molecule has 3 heteroatoms. The summed E-state index contributed by atoms with van der Waals surface area (Å²) < 4.78 is 0. The lowest BCUT2D eigenvalue weighted by atomic mass is 10.1. The number of hydrogen-bond donors (Lipinski definition) is 1. The Kier molecular flexibility index (Phi) is 6.69. The fourth-order valence-corrected chi connectivity index (χ4v) is 2.18. The highest BCUT2D eigenvalue weighted by Gasteiger charge is 2.06. The summed E-state index contributed by atoms with van der Waals surface area (Å²) in [7, 11) is 0. The van der Waals surface area contributed by atoms with Gasteiger partial charge >= 0.3 is 0 Å². The molecule has 18 heavy (non-hydrogen) atoms. The molecule has 1 aromatic carbocycles. The van der Waals surface area contributed by atoms with E-state index in [1.165, 1.54) is 5.56 Å². The molecular weight excluding hydrogens is 244 g/mol. The van der Waals surface area contributed by atoms with Crippen molar-refractivity contribution in [3.63, 3.8) is 0 Å². The summed E-state index contributed by atoms with van der Waals surface area (Å²) in [4.78, 5) is 2.43. The zero-order chi connectivity index (χ0) is 13.5. The molecule has 0 spiro atoms. The van der Waals surface area contributed by atoms with Crippen LogP contribution < -0.4 is 5.32 Å². The third-order valence-corrected chi connectivity index (χ3v) is 3.72. The van der Waals surface area contributed by atoms with E-state index in [-0.39, 0.29) is 0 Å². The number of nitrogens with zero attached hydrogens (tertiary/aromatic N) is 1. The number of nitrogens with one attached hydrogen (secondary N) is 1. The first-order valence-corrected chi connectivity index (χ1v) is 7.15. The Labute approximate surface area is 116 Å². The Morgan fingerprint density at radius 2 is 1.94 bits per heavy atom. The van der Waals surface area contributed by atoms with Gasteiger partial charge in [-0.05, 0) is 44.1 Å². The molecule has 0 fully saturated rings. The molecule has 102 valence electrons. The van der Waals surface area contributed by atoms with E-state index in [2.05, 4.69) is 43.1 Å². The van der Waals surface area contributed by atoms with Gasteiger partial charge in [0.25, 0.3) is 0 Å². The van der Waals surface area contributed by atoms with Gasteiger partial charge in [0, 0.05) is 24.2 Å². The van der Waals surface area contributed by atoms with E-state index in [4.69, 9.17) is 11.6 Å². The first kappa shape index (κ1) is 15.5. The van der Waals surface area contributed by atoms with Gasteiger partial charge < -0.3 is 10.2 Å². The first-order chi connectivity index (χ1) is 8.56. The SMILES string of the molecule is CCN(CC)CC(C)NCc1ccc(C)c(Cl)c1. The van der Waals surface area contributed by atoms with Crippen molar-refractivity contribution in [2.24, 2.45) is 0 Å². The molecule has 0 heterocycles. The van der Waals surface area contributed by atoms with Crippen LogP contribution >= 0.6 is 11.6 Å². The Balaban J connectivity index is 2.42. The van der Waals surface area contributed by atoms with Gasteiger partial charge in [0.2, 0.25) is 0 Å². The van der Waals surface area contributed by atoms with Gasteiger partial charge in [0.15, 0.2) is 0 Å². The highest BCUT2D eigenvalue weighted by atomic mass is 35.5. The van der Waals surface area contributed by atoms with Crippen molar-refractivity contribution >= 4 is 11.6 Å². The van der Waals surface area contributed by atoms with Crippen molar-refractivity contribution in [1.29, 1.82) is 0 Å². The Morgan fingerprint density at radius 1 is 1.28 bits per heavy atom. The minimum Gasteiger partial charge on any atom is -0.309 e. The van der Waals surface area contributed by atoms with Gasteiger partial charge in [-0.2, -0.15) is 0 Å². The maximum absolute atomic E-state index is 6.12. The van der Waals surface area contributed by atoms with Crippen molar-refractivity contribution in [2.75, 3.05) is 19.6 Å². The number of aryl methyl sites for hydroxylation is 1. The minimum absolute atomic E-state index is 0.491. The van der Waals surface area contributed by atoms with Crippen molar-refractivity contribution in [3.8, 4) is 0 Å². The lowest BCUT2D eigenvalue weighted by Gasteiger charge is -2.23. The van der Waals surface area contributed by atoms with E-state index in [0.717, 1.165) is 36.8 Å². The number of likely N-dealkylation sites (N-methyl/N-ethyl adjacent to an activating group) is 1. The van der Waals surface area contributed by atoms with E-state index in [9.17, 15) is 0 Å². The monoisotopic (exact) mass is 268 g/mol. The summed E-state index contributed by atoms with van der Waals surface area (Å²) in [5.41, 5.74) is 2.38. The van der Waals surface area contributed by atoms with Gasteiger partial charge in [-0.3, -0.25) is 0 Å². The maximum Gasteiger partial charge on any atom is 0.0438 e. The van der Waals surface area contributed by atoms with E-state index >= 15 is 0 Å². The summed E-state index contributed by atoms with van der Waals surface area (Å²) in [6.45, 7) is 12.9. The van der Waals surface area contributed by atoms with Gasteiger partial charge in [0.1, 0.15) is 0 Å². The molecule has 1 N–H and O–H groups in total. The zero-order valence-corrected chi connectivity index (χ0v) is 12.7. The van der Waals surface area contributed by atoms with Crippen LogP contribution in [0, 0.1) is 6.92 Å². The second-order valence-electron chi connectivity index (χ2n) is 4.85. The van der Waals surface area contributed by atoms with Crippen LogP contribution in [0.3, 0.4) is 0 Å². The van der Waals surface area contributed by atoms with Crippen LogP contribution in [-0.2, 0) is 6.54 Å². The van der Waals surface area contributed by atoms with Gasteiger partial charge in [-0.1, -0.05) is 37.6 Å². The largest absolute Gasteiger partial charge is 0.309 e. The molecule has 2 nitrogen and oxygen atoms in total. The Hall–Kier alpha value is -0.570. The lowest BCUT2D eigenvalue weighted by Crippen LogP contribution is -2.38. The number of rotatable bonds is 7. The molecule has 1 atom stereocenters. The second kappa shape index (κ2) is 7.78. The zero-order valence-electron chi connectivity index (χ0n) is 12.0. The van der Waals surface area contributed by atoms with E-state index in [0.29, 0.717) is 6.04 Å². The summed E-state index contributed by atoms with van der Waals surface area (Å²) >= 11 is 6.12. The van der Waals surface area contributed by atoms with Gasteiger partial charge in [-0.15, -0.1) is 0 Å². The minimum atomic E-state index is 0.491. The van der Waals surface area contributed by atoms with Crippen LogP contribution in [0.1, 0.15) is 31.9 Å². The van der Waals surface area contributed by atoms with Crippen LogP contribution in [0.4, 0.5) is 0 Å². The fourth-order valence-electron chi connectivity index (χ4n) is 1.97. The molecule has 0 saturated carbocycles. The average Bonchev–Trinajstić information content (AvgIpc) is 2.37. The quantitative estimate of drug-likeness (QED) is 0.815. The molecule has 0 radical (unpaired) electrons. The second-order valence-corrected chi connectivity index (χ2v) is 5.26. The molecule has 1 unspecified atom stereocenters. The molecule has 0 amide bonds. The number of benzene rings is 1. The van der Waals surface area contributed by atoms with Crippen molar-refractivity contribution < 1.29 is 0 Å². The fraction of sp³-hybridized carbons (Fsp3) is 0.600. The van der Waals surface area contributed by atoms with Gasteiger partial charge in [-0.25, -0.2) is 0 Å². The average molecular weight is 269 g/mol. The summed E-state index contributed by atoms with van der Waals surface area (Å²) in [5.74, 6) is 0. The third kappa shape index (κ3) is 4.97. The molecular formula is C15H25ClN2. The van der Waals surface area contributed by atoms with Crippen LogP contribution in [0.2, 0.25) is 5.02 Å². The van der Waals surface area contributed by atoms with Crippen LogP contribution in [-0.4, -0.2) is 30.6 Å². The Bertz CT molecular complexity index is 362. The van der Waals surface area contributed by atoms with Crippen molar-refractivity contribution in [2.45, 2.75) is 40.3 Å². The van der Waals surface area contributed by atoms with Crippen LogP contribution in [0.25, 0.3) is 0 Å². The predicted octanol–water partition coefficient (Wildman–Crippen LogP) is 3.47. The predicted molar refractivity (Wildman–Crippen MR) is 80.3 cm³/mol. The molecule has 0 aliphatic rings. The molecule has 0 aliphatic carbocycles. The van der Waals surface area contributed by atoms with Gasteiger partial charge in [0.05, 0.1) is 0 Å². The van der Waals surface area contributed by atoms with E-state index in [1.54, 1.807) is 0 Å². The number of halogens is 1. The molecule has 1 aromatic rings. The number of hydrogen-bond acceptors (Lipinski definition) is 2. The topological polar surface area (TPSA) is 15.3 Å². The van der Waals surface area contributed by atoms with Crippen LogP contribution in [0.5, 0.6) is 0 Å². The molecule has 0 aromatic heterocycles. The Morgan fingerprint density at radius 3 is 2.50 bits per heavy atom. The third-order valence-electron chi connectivity index (χ3n) is 3.32. The highest BCUT2D eigenvalue weighted by Crippen LogP contribution is 2.16. The van der Waals surface area contributed by atoms with E-state index in [1.807, 2.05) is 13.0 Å². The normalized spacial score (nSPS) is 13.0. The molecule has 0 saturated heterocycles. The lowest BCUT2D eigenvalue weighted by molar-refractivity contribution is 0.270. The van der Waals surface area contributed by atoms with E-state index < -0.39 is 0 Å². The standard InChI is InChI=1S/C15H25ClN2/c1-5-18(6-2)11-13(4)17-10-14-8-7-12(3)15(16)9-14/h7-9,13,17H,5-6,10-11H2,1-4H3. The molecule has 0 bridgehead atoms. The maximum atomic E-state index is 6.12. The summed E-state index contributed by atoms with van der Waals surface area (Å²) in [6.07, 6.45) is 0. The molecule has 1 rings (SSSR count).